The number of hydrogen-bond acceptors (Lipinski definition) is 3. The minimum atomic E-state index is 0.0506. The van der Waals surface area contributed by atoms with Crippen molar-refractivity contribution in [2.45, 2.75) is 53.1 Å². The third-order valence-corrected chi connectivity index (χ3v) is 4.37. The normalized spacial score (nSPS) is 26.6. The van der Waals surface area contributed by atoms with Crippen LogP contribution in [0.15, 0.2) is 18.3 Å². The maximum absolute atomic E-state index is 11.4. The summed E-state index contributed by atoms with van der Waals surface area (Å²) in [4.78, 5) is 15.7. The van der Waals surface area contributed by atoms with E-state index in [1.165, 1.54) is 12.8 Å². The van der Waals surface area contributed by atoms with E-state index >= 15 is 0 Å². The van der Waals surface area contributed by atoms with Crippen LogP contribution in [0.1, 0.15) is 57.3 Å². The Morgan fingerprint density at radius 1 is 1.40 bits per heavy atom. The van der Waals surface area contributed by atoms with Crippen molar-refractivity contribution in [3.05, 3.63) is 23.9 Å². The Morgan fingerprint density at radius 3 is 2.80 bits per heavy atom. The summed E-state index contributed by atoms with van der Waals surface area (Å²) in [5.41, 5.74) is 0.667. The van der Waals surface area contributed by atoms with Gasteiger partial charge in [0.2, 0.25) is 5.88 Å². The lowest BCUT2D eigenvalue weighted by Gasteiger charge is -2.37. The van der Waals surface area contributed by atoms with Crippen molar-refractivity contribution < 1.29 is 9.53 Å². The number of aromatic nitrogens is 1. The van der Waals surface area contributed by atoms with Gasteiger partial charge in [0.1, 0.15) is 6.10 Å². The molecule has 3 heteroatoms. The second-order valence-corrected chi connectivity index (χ2v) is 6.42. The molecule has 0 aliphatic heterocycles. The Kier molecular flexibility index (Phi) is 4.79. The standard InChI is InChI=1S/C17H25NO2/c1-11(2)15-6-5-12(3)9-16(15)20-17-10-14(13(4)19)7-8-18-17/h7-8,10-12,15-16H,5-6,9H2,1-4H3. The van der Waals surface area contributed by atoms with Crippen molar-refractivity contribution in [1.82, 2.24) is 4.98 Å². The molecule has 1 aliphatic carbocycles. The molecule has 110 valence electrons. The molecule has 1 aliphatic rings. The number of carbonyl (C=O) groups excluding carboxylic acids is 1. The van der Waals surface area contributed by atoms with Crippen LogP contribution in [-0.2, 0) is 0 Å². The van der Waals surface area contributed by atoms with E-state index in [1.54, 1.807) is 25.3 Å². The highest BCUT2D eigenvalue weighted by atomic mass is 16.5. The van der Waals surface area contributed by atoms with Gasteiger partial charge in [0.25, 0.3) is 0 Å². The van der Waals surface area contributed by atoms with Crippen LogP contribution >= 0.6 is 0 Å². The van der Waals surface area contributed by atoms with Crippen molar-refractivity contribution in [2.75, 3.05) is 0 Å². The average molecular weight is 275 g/mol. The van der Waals surface area contributed by atoms with Crippen LogP contribution < -0.4 is 4.74 Å². The van der Waals surface area contributed by atoms with Gasteiger partial charge in [-0.2, -0.15) is 0 Å². The van der Waals surface area contributed by atoms with Crippen molar-refractivity contribution in [3.8, 4) is 5.88 Å². The first-order chi connectivity index (χ1) is 9.47. The third-order valence-electron chi connectivity index (χ3n) is 4.37. The average Bonchev–Trinajstić information content (AvgIpc) is 2.38. The Labute approximate surface area is 121 Å². The number of rotatable bonds is 4. The molecule has 0 spiro atoms. The van der Waals surface area contributed by atoms with E-state index in [-0.39, 0.29) is 11.9 Å². The zero-order valence-corrected chi connectivity index (χ0v) is 12.9. The topological polar surface area (TPSA) is 39.2 Å². The summed E-state index contributed by atoms with van der Waals surface area (Å²) in [6.07, 6.45) is 5.45. The molecule has 1 aromatic heterocycles. The molecule has 1 saturated carbocycles. The van der Waals surface area contributed by atoms with Gasteiger partial charge in [-0.3, -0.25) is 4.79 Å². The number of hydrogen-bond donors (Lipinski definition) is 0. The van der Waals surface area contributed by atoms with E-state index in [1.807, 2.05) is 0 Å². The maximum atomic E-state index is 11.4. The first-order valence-electron chi connectivity index (χ1n) is 7.61. The number of carbonyl (C=O) groups is 1. The summed E-state index contributed by atoms with van der Waals surface area (Å²) >= 11 is 0. The smallest absolute Gasteiger partial charge is 0.214 e. The van der Waals surface area contributed by atoms with Crippen LogP contribution in [0.4, 0.5) is 0 Å². The van der Waals surface area contributed by atoms with Crippen LogP contribution in [0.5, 0.6) is 5.88 Å². The first kappa shape index (κ1) is 15.0. The molecule has 3 nitrogen and oxygen atoms in total. The predicted octanol–water partition coefficient (Wildman–Crippen LogP) is 4.12. The van der Waals surface area contributed by atoms with Gasteiger partial charge >= 0.3 is 0 Å². The Bertz CT molecular complexity index is 470. The number of pyridine rings is 1. The van der Waals surface area contributed by atoms with Gasteiger partial charge in [0, 0.05) is 17.8 Å². The Morgan fingerprint density at radius 2 is 2.15 bits per heavy atom. The van der Waals surface area contributed by atoms with Crippen LogP contribution in [0.3, 0.4) is 0 Å². The highest BCUT2D eigenvalue weighted by Gasteiger charge is 2.32. The lowest BCUT2D eigenvalue weighted by Crippen LogP contribution is -2.36. The minimum absolute atomic E-state index is 0.0506. The second-order valence-electron chi connectivity index (χ2n) is 6.42. The lowest BCUT2D eigenvalue weighted by atomic mass is 9.75. The first-order valence-corrected chi connectivity index (χ1v) is 7.61. The Balaban J connectivity index is 2.13. The SMILES string of the molecule is CC(=O)c1ccnc(OC2CC(C)CCC2C(C)C)c1. The van der Waals surface area contributed by atoms with Crippen molar-refractivity contribution >= 4 is 5.78 Å². The van der Waals surface area contributed by atoms with E-state index < -0.39 is 0 Å². The lowest BCUT2D eigenvalue weighted by molar-refractivity contribution is 0.0425. The van der Waals surface area contributed by atoms with E-state index in [0.29, 0.717) is 29.2 Å². The number of Topliss-reactive ketones (excluding diaryl/α,β-unsaturated/α-hetero) is 1. The molecule has 3 atom stereocenters. The molecule has 0 saturated heterocycles. The molecule has 3 unspecified atom stereocenters. The van der Waals surface area contributed by atoms with Crippen LogP contribution in [0.25, 0.3) is 0 Å². The fourth-order valence-corrected chi connectivity index (χ4v) is 3.10. The van der Waals surface area contributed by atoms with Crippen LogP contribution in [-0.4, -0.2) is 16.9 Å². The van der Waals surface area contributed by atoms with Gasteiger partial charge in [0.15, 0.2) is 5.78 Å². The van der Waals surface area contributed by atoms with Crippen molar-refractivity contribution in [3.63, 3.8) is 0 Å². The molecule has 1 heterocycles. The molecule has 0 radical (unpaired) electrons. The van der Waals surface area contributed by atoms with Gasteiger partial charge < -0.3 is 4.74 Å². The zero-order chi connectivity index (χ0) is 14.7. The summed E-state index contributed by atoms with van der Waals surface area (Å²) in [6, 6.07) is 3.50. The second kappa shape index (κ2) is 6.38. The highest BCUT2D eigenvalue weighted by molar-refractivity contribution is 5.94. The molecule has 1 aromatic rings. The quantitative estimate of drug-likeness (QED) is 0.776. The van der Waals surface area contributed by atoms with Gasteiger partial charge in [-0.25, -0.2) is 4.98 Å². The minimum Gasteiger partial charge on any atom is -0.474 e. The number of ketones is 1. The number of ether oxygens (including phenoxy) is 1. The maximum Gasteiger partial charge on any atom is 0.214 e. The summed E-state index contributed by atoms with van der Waals surface area (Å²) in [7, 11) is 0. The monoisotopic (exact) mass is 275 g/mol. The zero-order valence-electron chi connectivity index (χ0n) is 12.9. The van der Waals surface area contributed by atoms with Gasteiger partial charge in [-0.05, 0) is 43.6 Å². The fourth-order valence-electron chi connectivity index (χ4n) is 3.10. The molecule has 20 heavy (non-hydrogen) atoms. The third kappa shape index (κ3) is 3.59. The van der Waals surface area contributed by atoms with E-state index in [0.717, 1.165) is 6.42 Å². The summed E-state index contributed by atoms with van der Waals surface area (Å²) in [6.45, 7) is 8.37. The fraction of sp³-hybridized carbons (Fsp3) is 0.647. The summed E-state index contributed by atoms with van der Waals surface area (Å²) < 4.78 is 6.13. The van der Waals surface area contributed by atoms with Gasteiger partial charge in [-0.15, -0.1) is 0 Å². The van der Waals surface area contributed by atoms with Crippen molar-refractivity contribution in [2.24, 2.45) is 17.8 Å². The molecule has 1 fully saturated rings. The molecule has 2 rings (SSSR count). The van der Waals surface area contributed by atoms with Crippen LogP contribution in [0.2, 0.25) is 0 Å². The number of nitrogens with zero attached hydrogens (tertiary/aromatic N) is 1. The predicted molar refractivity (Wildman–Crippen MR) is 80.0 cm³/mol. The largest absolute Gasteiger partial charge is 0.474 e. The Hall–Kier alpha value is -1.38. The molecule has 0 aromatic carbocycles. The van der Waals surface area contributed by atoms with Crippen molar-refractivity contribution in [1.29, 1.82) is 0 Å². The molecule has 0 bridgehead atoms. The summed E-state index contributed by atoms with van der Waals surface area (Å²) in [5, 5.41) is 0. The molecule has 0 N–H and O–H groups in total. The summed E-state index contributed by atoms with van der Waals surface area (Å²) in [5.74, 6) is 2.53. The molecular formula is C17H25NO2. The van der Waals surface area contributed by atoms with Crippen LogP contribution in [0, 0.1) is 17.8 Å². The van der Waals surface area contributed by atoms with E-state index in [9.17, 15) is 4.79 Å². The highest BCUT2D eigenvalue weighted by Crippen LogP contribution is 2.35. The van der Waals surface area contributed by atoms with E-state index in [2.05, 4.69) is 25.8 Å². The molecule has 0 amide bonds. The molecular weight excluding hydrogens is 250 g/mol. The van der Waals surface area contributed by atoms with E-state index in [4.69, 9.17) is 4.74 Å². The van der Waals surface area contributed by atoms with Gasteiger partial charge in [0.05, 0.1) is 0 Å². The van der Waals surface area contributed by atoms with Gasteiger partial charge in [-0.1, -0.05) is 27.2 Å².